The second-order valence-electron chi connectivity index (χ2n) is 12.3. The molecule has 1 aromatic heterocycles. The lowest BCUT2D eigenvalue weighted by atomic mass is 10.1. The Morgan fingerprint density at radius 3 is 2.39 bits per heavy atom. The maximum Gasteiger partial charge on any atom is 0.435 e. The van der Waals surface area contributed by atoms with Crippen molar-refractivity contribution >= 4 is 17.7 Å². The van der Waals surface area contributed by atoms with Crippen molar-refractivity contribution in [2.45, 2.75) is 63.6 Å². The highest BCUT2D eigenvalue weighted by atomic mass is 19.4. The van der Waals surface area contributed by atoms with Crippen molar-refractivity contribution in [2.24, 2.45) is 5.73 Å². The van der Waals surface area contributed by atoms with E-state index in [-0.39, 0.29) is 30.0 Å². The van der Waals surface area contributed by atoms with Crippen LogP contribution in [0.4, 0.5) is 23.7 Å². The van der Waals surface area contributed by atoms with Gasteiger partial charge >= 0.3 is 12.3 Å². The highest BCUT2D eigenvalue weighted by molar-refractivity contribution is 6.03. The van der Waals surface area contributed by atoms with Gasteiger partial charge in [0.05, 0.1) is 11.7 Å². The Morgan fingerprint density at radius 2 is 1.72 bits per heavy atom. The number of aliphatic hydroxyl groups is 1. The largest absolute Gasteiger partial charge is 0.444 e. The third kappa shape index (κ3) is 7.40. The molecular formula is C34H36F3N5O4. The molecule has 46 heavy (non-hydrogen) atoms. The van der Waals surface area contributed by atoms with Crippen LogP contribution in [-0.4, -0.2) is 50.0 Å². The number of carbonyl (C=O) groups is 2. The van der Waals surface area contributed by atoms with E-state index >= 15 is 0 Å². The molecule has 2 atom stereocenters. The third-order valence-electron chi connectivity index (χ3n) is 7.63. The van der Waals surface area contributed by atoms with Crippen LogP contribution in [0.25, 0.3) is 5.69 Å². The summed E-state index contributed by atoms with van der Waals surface area (Å²) in [5.41, 5.74) is 4.55. The van der Waals surface area contributed by atoms with Crippen molar-refractivity contribution < 1.29 is 32.6 Å². The van der Waals surface area contributed by atoms with Gasteiger partial charge in [-0.1, -0.05) is 54.6 Å². The van der Waals surface area contributed by atoms with Gasteiger partial charge in [0, 0.05) is 31.3 Å². The number of amides is 2. The molecule has 0 spiro atoms. The lowest BCUT2D eigenvalue weighted by Gasteiger charge is -2.29. The van der Waals surface area contributed by atoms with Gasteiger partial charge in [-0.2, -0.15) is 18.3 Å². The van der Waals surface area contributed by atoms with E-state index < -0.39 is 41.1 Å². The monoisotopic (exact) mass is 635 g/mol. The fourth-order valence-corrected chi connectivity index (χ4v) is 5.26. The van der Waals surface area contributed by atoms with E-state index in [1.165, 1.54) is 11.0 Å². The van der Waals surface area contributed by atoms with Crippen LogP contribution >= 0.6 is 0 Å². The number of benzene rings is 3. The molecule has 9 nitrogen and oxygen atoms in total. The zero-order valence-electron chi connectivity index (χ0n) is 25.7. The van der Waals surface area contributed by atoms with Crippen LogP contribution in [0, 0.1) is 0 Å². The van der Waals surface area contributed by atoms with Crippen molar-refractivity contribution in [2.75, 3.05) is 11.9 Å². The van der Waals surface area contributed by atoms with Gasteiger partial charge < -0.3 is 25.8 Å². The SMILES string of the molecule is CC(C)(C)OC(=O)N(CCc1ccccc1)C1CC1(O)c1cccc(NC(=O)c2cc(C(F)(F)F)nn2-c2cccc(CN)c2)c1. The number of rotatable bonds is 9. The summed E-state index contributed by atoms with van der Waals surface area (Å²) >= 11 is 0. The standard InChI is InChI=1S/C34H36F3N5O4/c1-32(2,3)46-31(44)41(16-15-22-9-5-4-6-10-22)29-20-33(29,45)24-12-8-13-25(18-24)39-30(43)27-19-28(34(35,36)37)40-42(27)26-14-7-11-23(17-26)21-38/h4-14,17-19,29,45H,15-16,20-21,38H2,1-3H3,(H,39,43). The van der Waals surface area contributed by atoms with Crippen molar-refractivity contribution in [3.8, 4) is 5.69 Å². The second kappa shape index (κ2) is 12.6. The van der Waals surface area contributed by atoms with Gasteiger partial charge in [0.2, 0.25) is 0 Å². The van der Waals surface area contributed by atoms with Gasteiger partial charge in [0.15, 0.2) is 5.69 Å². The zero-order chi connectivity index (χ0) is 33.3. The number of halogens is 3. The Labute approximate surface area is 264 Å². The number of nitrogens with one attached hydrogen (secondary N) is 1. The van der Waals surface area contributed by atoms with E-state index in [9.17, 15) is 27.9 Å². The summed E-state index contributed by atoms with van der Waals surface area (Å²) in [4.78, 5) is 28.2. The molecule has 2 unspecified atom stereocenters. The predicted octanol–water partition coefficient (Wildman–Crippen LogP) is 6.04. The summed E-state index contributed by atoms with van der Waals surface area (Å²) < 4.78 is 47.5. The summed E-state index contributed by atoms with van der Waals surface area (Å²) in [5, 5.41) is 18.0. The molecule has 3 aromatic carbocycles. The molecule has 0 saturated heterocycles. The number of aromatic nitrogens is 2. The molecule has 1 saturated carbocycles. The number of anilines is 1. The fourth-order valence-electron chi connectivity index (χ4n) is 5.26. The fraction of sp³-hybridized carbons (Fsp3) is 0.324. The summed E-state index contributed by atoms with van der Waals surface area (Å²) in [5.74, 6) is -0.837. The Bertz CT molecular complexity index is 1720. The van der Waals surface area contributed by atoms with E-state index in [4.69, 9.17) is 10.5 Å². The Balaban J connectivity index is 1.38. The van der Waals surface area contributed by atoms with Crippen molar-refractivity contribution in [3.63, 3.8) is 0 Å². The van der Waals surface area contributed by atoms with Crippen LogP contribution in [-0.2, 0) is 29.5 Å². The minimum atomic E-state index is -4.78. The molecule has 5 rings (SSSR count). The molecule has 4 N–H and O–H groups in total. The molecule has 0 bridgehead atoms. The number of ether oxygens (including phenoxy) is 1. The smallest absolute Gasteiger partial charge is 0.435 e. The lowest BCUT2D eigenvalue weighted by Crippen LogP contribution is -2.42. The molecule has 0 aliphatic heterocycles. The van der Waals surface area contributed by atoms with Crippen molar-refractivity contribution in [1.29, 1.82) is 0 Å². The number of carbonyl (C=O) groups excluding carboxylic acids is 2. The average molecular weight is 636 g/mol. The molecule has 2 amide bonds. The van der Waals surface area contributed by atoms with E-state index in [1.54, 1.807) is 63.2 Å². The topological polar surface area (TPSA) is 123 Å². The first kappa shape index (κ1) is 32.7. The van der Waals surface area contributed by atoms with Crippen LogP contribution in [0.1, 0.15) is 60.1 Å². The Kier molecular flexibility index (Phi) is 8.96. The molecule has 1 aliphatic carbocycles. The van der Waals surface area contributed by atoms with E-state index in [0.717, 1.165) is 10.2 Å². The molecule has 1 fully saturated rings. The van der Waals surface area contributed by atoms with Gasteiger partial charge in [-0.3, -0.25) is 4.79 Å². The normalized spacial score (nSPS) is 17.8. The molecule has 1 heterocycles. The molecule has 12 heteroatoms. The van der Waals surface area contributed by atoms with E-state index in [2.05, 4.69) is 10.4 Å². The zero-order valence-corrected chi connectivity index (χ0v) is 25.7. The highest BCUT2D eigenvalue weighted by Gasteiger charge is 2.59. The first-order valence-electron chi connectivity index (χ1n) is 14.8. The van der Waals surface area contributed by atoms with Crippen molar-refractivity contribution in [1.82, 2.24) is 14.7 Å². The van der Waals surface area contributed by atoms with E-state index in [1.807, 2.05) is 30.3 Å². The number of hydrogen-bond donors (Lipinski definition) is 3. The number of nitrogens with two attached hydrogens (primary N) is 1. The van der Waals surface area contributed by atoms with Gasteiger partial charge in [-0.25, -0.2) is 9.48 Å². The second-order valence-corrected chi connectivity index (χ2v) is 12.3. The van der Waals surface area contributed by atoms with Gasteiger partial charge in [0.1, 0.15) is 16.9 Å². The Hall–Kier alpha value is -4.68. The highest BCUT2D eigenvalue weighted by Crippen LogP contribution is 2.50. The maximum atomic E-state index is 13.6. The summed E-state index contributed by atoms with van der Waals surface area (Å²) in [6.07, 6.45) is -4.56. The maximum absolute atomic E-state index is 13.6. The van der Waals surface area contributed by atoms with Crippen LogP contribution in [0.15, 0.2) is 84.9 Å². The number of nitrogens with zero attached hydrogens (tertiary/aromatic N) is 3. The average Bonchev–Trinajstić information content (AvgIpc) is 3.46. The summed E-state index contributed by atoms with van der Waals surface area (Å²) in [7, 11) is 0. The van der Waals surface area contributed by atoms with Gasteiger partial charge in [-0.05, 0) is 68.1 Å². The summed E-state index contributed by atoms with van der Waals surface area (Å²) in [6, 6.07) is 22.5. The molecule has 4 aromatic rings. The van der Waals surface area contributed by atoms with Crippen LogP contribution in [0.5, 0.6) is 0 Å². The van der Waals surface area contributed by atoms with Crippen LogP contribution in [0.2, 0.25) is 0 Å². The first-order chi connectivity index (χ1) is 21.7. The molecule has 1 aliphatic rings. The van der Waals surface area contributed by atoms with Crippen LogP contribution in [0.3, 0.4) is 0 Å². The minimum absolute atomic E-state index is 0.150. The minimum Gasteiger partial charge on any atom is -0.444 e. The predicted molar refractivity (Wildman–Crippen MR) is 166 cm³/mol. The van der Waals surface area contributed by atoms with Gasteiger partial charge in [0.25, 0.3) is 5.91 Å². The number of alkyl halides is 3. The Morgan fingerprint density at radius 1 is 1.02 bits per heavy atom. The molecular weight excluding hydrogens is 599 g/mol. The quantitative estimate of drug-likeness (QED) is 0.206. The third-order valence-corrected chi connectivity index (χ3v) is 7.63. The van der Waals surface area contributed by atoms with Crippen LogP contribution < -0.4 is 11.1 Å². The van der Waals surface area contributed by atoms with Gasteiger partial charge in [-0.15, -0.1) is 0 Å². The number of hydrogen-bond acceptors (Lipinski definition) is 6. The molecule has 0 radical (unpaired) electrons. The lowest BCUT2D eigenvalue weighted by molar-refractivity contribution is -0.141. The first-order valence-corrected chi connectivity index (χ1v) is 14.8. The summed E-state index contributed by atoms with van der Waals surface area (Å²) in [6.45, 7) is 5.76. The van der Waals surface area contributed by atoms with Crippen molar-refractivity contribution in [3.05, 3.63) is 113 Å². The molecule has 242 valence electrons. The van der Waals surface area contributed by atoms with E-state index in [0.29, 0.717) is 30.2 Å².